The maximum absolute atomic E-state index is 14.9. The van der Waals surface area contributed by atoms with E-state index < -0.39 is 11.6 Å². The molecular formula is C30H30FNO3. The average Bonchev–Trinajstić information content (AvgIpc) is 2.90. The Hall–Kier alpha value is -3.44. The molecule has 1 saturated heterocycles. The Balaban J connectivity index is 1.41. The van der Waals surface area contributed by atoms with Gasteiger partial charge in [0.15, 0.2) is 17.3 Å². The van der Waals surface area contributed by atoms with Gasteiger partial charge in [-0.2, -0.15) is 0 Å². The number of halogens is 1. The number of piperidine rings is 1. The maximum Gasteiger partial charge on any atom is 0.193 e. The number of hydrogen-bond donors (Lipinski definition) is 1. The number of likely N-dealkylation sites (tertiary alicyclic amines) is 1. The number of phenols is 1. The van der Waals surface area contributed by atoms with E-state index in [0.29, 0.717) is 36.2 Å². The minimum atomic E-state index is -0.690. The Morgan fingerprint density at radius 1 is 0.886 bits per heavy atom. The summed E-state index contributed by atoms with van der Waals surface area (Å²) in [5.74, 6) is -0.526. The van der Waals surface area contributed by atoms with Crippen LogP contribution in [0.3, 0.4) is 0 Å². The fourth-order valence-electron chi connectivity index (χ4n) is 5.13. The lowest BCUT2D eigenvalue weighted by molar-refractivity contribution is 0.105. The van der Waals surface area contributed by atoms with Gasteiger partial charge in [0.2, 0.25) is 0 Å². The zero-order chi connectivity index (χ0) is 24.2. The van der Waals surface area contributed by atoms with Gasteiger partial charge in [-0.25, -0.2) is 4.39 Å². The van der Waals surface area contributed by atoms with Crippen molar-refractivity contribution in [2.45, 2.75) is 32.1 Å². The number of ether oxygens (including phenoxy) is 1. The summed E-state index contributed by atoms with van der Waals surface area (Å²) in [6.07, 6.45) is 5.05. The zero-order valence-corrected chi connectivity index (χ0v) is 19.8. The van der Waals surface area contributed by atoms with E-state index in [0.717, 1.165) is 36.5 Å². The third kappa shape index (κ3) is 5.01. The van der Waals surface area contributed by atoms with E-state index >= 15 is 0 Å². The van der Waals surface area contributed by atoms with Crippen LogP contribution in [0.1, 0.15) is 52.7 Å². The fraction of sp³-hybridized carbons (Fsp3) is 0.300. The van der Waals surface area contributed by atoms with Crippen LogP contribution >= 0.6 is 0 Å². The van der Waals surface area contributed by atoms with E-state index in [2.05, 4.69) is 4.90 Å². The third-order valence-electron chi connectivity index (χ3n) is 7.00. The molecule has 1 fully saturated rings. The Bertz CT molecular complexity index is 1240. The number of benzene rings is 3. The van der Waals surface area contributed by atoms with Crippen LogP contribution in [0.25, 0.3) is 11.1 Å². The minimum Gasteiger partial charge on any atom is -0.505 e. The second kappa shape index (κ2) is 10.4. The molecule has 4 nitrogen and oxygen atoms in total. The van der Waals surface area contributed by atoms with Crippen molar-refractivity contribution in [1.82, 2.24) is 4.90 Å². The van der Waals surface area contributed by atoms with Crippen molar-refractivity contribution in [2.24, 2.45) is 0 Å². The first-order valence-corrected chi connectivity index (χ1v) is 12.4. The summed E-state index contributed by atoms with van der Waals surface area (Å²) in [6.45, 7) is 3.79. The van der Waals surface area contributed by atoms with Crippen LogP contribution < -0.4 is 4.74 Å². The lowest BCUT2D eigenvalue weighted by Gasteiger charge is -2.26. The predicted molar refractivity (Wildman–Crippen MR) is 136 cm³/mol. The molecule has 0 radical (unpaired) electrons. The molecule has 0 unspecified atom stereocenters. The molecule has 5 heteroatoms. The Morgan fingerprint density at radius 3 is 2.43 bits per heavy atom. The van der Waals surface area contributed by atoms with Gasteiger partial charge in [0.25, 0.3) is 0 Å². The third-order valence-corrected chi connectivity index (χ3v) is 7.00. The summed E-state index contributed by atoms with van der Waals surface area (Å²) >= 11 is 0. The molecule has 3 aromatic rings. The molecule has 2 aliphatic rings. The van der Waals surface area contributed by atoms with Crippen molar-refractivity contribution < 1.29 is 19.0 Å². The molecule has 0 amide bonds. The summed E-state index contributed by atoms with van der Waals surface area (Å²) in [5.41, 5.74) is 3.82. The number of carbonyl (C=O) groups excluding carboxylic acids is 1. The van der Waals surface area contributed by atoms with Crippen molar-refractivity contribution in [1.29, 1.82) is 0 Å². The highest BCUT2D eigenvalue weighted by Gasteiger charge is 2.27. The van der Waals surface area contributed by atoms with Gasteiger partial charge >= 0.3 is 0 Å². The molecule has 0 atom stereocenters. The number of hydrogen-bond acceptors (Lipinski definition) is 4. The number of phenolic OH excluding ortho intramolecular Hbond substituents is 1. The summed E-state index contributed by atoms with van der Waals surface area (Å²) in [4.78, 5) is 16.2. The zero-order valence-electron chi connectivity index (χ0n) is 19.8. The lowest BCUT2D eigenvalue weighted by atomic mass is 9.79. The molecule has 1 N–H and O–H groups in total. The molecule has 1 aliphatic carbocycles. The lowest BCUT2D eigenvalue weighted by Crippen LogP contribution is -2.33. The van der Waals surface area contributed by atoms with Crippen LogP contribution in [0, 0.1) is 5.82 Å². The number of ketones is 1. The molecular weight excluding hydrogens is 441 g/mol. The van der Waals surface area contributed by atoms with Crippen molar-refractivity contribution in [3.8, 4) is 11.5 Å². The Kier molecular flexibility index (Phi) is 6.96. The molecule has 3 aromatic carbocycles. The van der Waals surface area contributed by atoms with E-state index in [1.165, 1.54) is 25.3 Å². The predicted octanol–water partition coefficient (Wildman–Crippen LogP) is 6.14. The first-order valence-electron chi connectivity index (χ1n) is 12.4. The quantitative estimate of drug-likeness (QED) is 0.421. The van der Waals surface area contributed by atoms with Gasteiger partial charge in [0.05, 0.1) is 0 Å². The normalized spacial score (nSPS) is 16.1. The molecule has 0 aromatic heterocycles. The average molecular weight is 472 g/mol. The monoisotopic (exact) mass is 471 g/mol. The highest BCUT2D eigenvalue weighted by molar-refractivity contribution is 6.35. The van der Waals surface area contributed by atoms with Crippen LogP contribution in [0.4, 0.5) is 4.39 Å². The van der Waals surface area contributed by atoms with E-state index in [9.17, 15) is 14.3 Å². The standard InChI is InChI=1S/C30H30FNO3/c31-29-26(9-6-10-27(29)33)25-16-13-21-7-2-3-8-24(21)28(25)30(34)22-11-14-23(15-12-22)35-20-19-32-17-4-1-5-18-32/h2-3,6-12,14-15,33H,1,4-5,13,16-20H2. The molecule has 0 saturated carbocycles. The molecule has 1 aliphatic heterocycles. The number of nitrogens with zero attached hydrogens (tertiary/aromatic N) is 1. The summed E-state index contributed by atoms with van der Waals surface area (Å²) in [7, 11) is 0. The van der Waals surface area contributed by atoms with E-state index in [4.69, 9.17) is 4.74 Å². The van der Waals surface area contributed by atoms with Gasteiger partial charge in [-0.3, -0.25) is 9.69 Å². The summed E-state index contributed by atoms with van der Waals surface area (Å²) in [6, 6.07) is 19.5. The summed E-state index contributed by atoms with van der Waals surface area (Å²) in [5, 5.41) is 9.95. The Labute approximate surface area is 205 Å². The number of carbonyl (C=O) groups is 1. The van der Waals surface area contributed by atoms with E-state index in [1.807, 2.05) is 36.4 Å². The number of Topliss-reactive ketones (excluding diaryl/α,β-unsaturated/α-hetero) is 1. The number of fused-ring (bicyclic) bond motifs is 1. The number of aromatic hydroxyl groups is 1. The molecule has 0 bridgehead atoms. The molecule has 35 heavy (non-hydrogen) atoms. The molecule has 0 spiro atoms. The highest BCUT2D eigenvalue weighted by Crippen LogP contribution is 2.40. The molecule has 180 valence electrons. The fourth-order valence-corrected chi connectivity index (χ4v) is 5.13. The van der Waals surface area contributed by atoms with Crippen LogP contribution in [-0.4, -0.2) is 42.0 Å². The van der Waals surface area contributed by atoms with Crippen molar-refractivity contribution >= 4 is 16.9 Å². The topological polar surface area (TPSA) is 49.8 Å². The van der Waals surface area contributed by atoms with Crippen molar-refractivity contribution in [3.05, 3.63) is 94.8 Å². The smallest absolute Gasteiger partial charge is 0.193 e. The van der Waals surface area contributed by atoms with Crippen LogP contribution in [0.5, 0.6) is 11.5 Å². The van der Waals surface area contributed by atoms with Crippen LogP contribution in [-0.2, 0) is 6.42 Å². The maximum atomic E-state index is 14.9. The SMILES string of the molecule is O=C(C1=C(c2cccc(O)c2F)CCc2ccccc21)c1ccc(OCCN2CCCCC2)cc1. The van der Waals surface area contributed by atoms with Gasteiger partial charge in [-0.05, 0) is 85.8 Å². The van der Waals surface area contributed by atoms with Gasteiger partial charge in [-0.15, -0.1) is 0 Å². The van der Waals surface area contributed by atoms with Crippen LogP contribution in [0.2, 0.25) is 0 Å². The van der Waals surface area contributed by atoms with E-state index in [-0.39, 0.29) is 11.3 Å². The molecule has 5 rings (SSSR count). The largest absolute Gasteiger partial charge is 0.505 e. The first-order chi connectivity index (χ1) is 17.1. The van der Waals surface area contributed by atoms with Crippen molar-refractivity contribution in [2.75, 3.05) is 26.2 Å². The van der Waals surface area contributed by atoms with E-state index in [1.54, 1.807) is 24.3 Å². The van der Waals surface area contributed by atoms with Gasteiger partial charge < -0.3 is 9.84 Å². The molecule has 1 heterocycles. The second-order valence-electron chi connectivity index (χ2n) is 9.25. The summed E-state index contributed by atoms with van der Waals surface area (Å²) < 4.78 is 20.8. The first kappa shape index (κ1) is 23.3. The minimum absolute atomic E-state index is 0.158. The Morgan fingerprint density at radius 2 is 1.63 bits per heavy atom. The van der Waals surface area contributed by atoms with Gasteiger partial charge in [0, 0.05) is 23.2 Å². The van der Waals surface area contributed by atoms with Crippen LogP contribution in [0.15, 0.2) is 66.7 Å². The number of aryl methyl sites for hydroxylation is 1. The number of rotatable bonds is 7. The van der Waals surface area contributed by atoms with Crippen molar-refractivity contribution in [3.63, 3.8) is 0 Å². The highest BCUT2D eigenvalue weighted by atomic mass is 19.1. The second-order valence-corrected chi connectivity index (χ2v) is 9.25. The van der Waals surface area contributed by atoms with Gasteiger partial charge in [0.1, 0.15) is 12.4 Å². The number of allylic oxidation sites excluding steroid dienone is 2. The van der Waals surface area contributed by atoms with Gasteiger partial charge in [-0.1, -0.05) is 42.8 Å².